The Labute approximate surface area is 132 Å². The van der Waals surface area contributed by atoms with Crippen LogP contribution in [0.15, 0.2) is 40.9 Å². The van der Waals surface area contributed by atoms with Crippen LogP contribution >= 0.6 is 15.9 Å². The molecule has 2 aromatic carbocycles. The Kier molecular flexibility index (Phi) is 5.20. The molecule has 0 aliphatic heterocycles. The van der Waals surface area contributed by atoms with Crippen LogP contribution in [0.1, 0.15) is 17.2 Å². The second-order valence-electron chi connectivity index (χ2n) is 4.70. The van der Waals surface area contributed by atoms with Gasteiger partial charge in [0.2, 0.25) is 0 Å². The van der Waals surface area contributed by atoms with Crippen molar-refractivity contribution in [3.63, 3.8) is 0 Å². The molecular formula is C16H17BrFNO2. The lowest BCUT2D eigenvalue weighted by Gasteiger charge is -2.15. The van der Waals surface area contributed by atoms with E-state index >= 15 is 0 Å². The second-order valence-corrected chi connectivity index (χ2v) is 5.62. The Hall–Kier alpha value is -1.59. The molecule has 5 heteroatoms. The summed E-state index contributed by atoms with van der Waals surface area (Å²) in [6.45, 7) is 0. The fraction of sp³-hybridized carbons (Fsp3) is 0.250. The lowest BCUT2D eigenvalue weighted by atomic mass is 9.99. The van der Waals surface area contributed by atoms with Gasteiger partial charge in [-0.2, -0.15) is 0 Å². The Morgan fingerprint density at radius 3 is 2.43 bits per heavy atom. The Morgan fingerprint density at radius 1 is 1.10 bits per heavy atom. The van der Waals surface area contributed by atoms with Crippen LogP contribution in [0.4, 0.5) is 4.39 Å². The summed E-state index contributed by atoms with van der Waals surface area (Å²) in [6.07, 6.45) is 0.580. The topological polar surface area (TPSA) is 44.5 Å². The maximum Gasteiger partial charge on any atom is 0.160 e. The summed E-state index contributed by atoms with van der Waals surface area (Å²) in [5, 5.41) is 0. The van der Waals surface area contributed by atoms with Gasteiger partial charge < -0.3 is 15.2 Å². The SMILES string of the molecule is COc1ccc(CC(N)c2cc(F)cc(Br)c2)cc1OC. The normalized spacial score (nSPS) is 12.0. The van der Waals surface area contributed by atoms with Crippen LogP contribution in [0, 0.1) is 5.82 Å². The highest BCUT2D eigenvalue weighted by atomic mass is 79.9. The monoisotopic (exact) mass is 353 g/mol. The zero-order valence-electron chi connectivity index (χ0n) is 11.9. The summed E-state index contributed by atoms with van der Waals surface area (Å²) < 4.78 is 24.6. The van der Waals surface area contributed by atoms with Gasteiger partial charge >= 0.3 is 0 Å². The van der Waals surface area contributed by atoms with Crippen LogP contribution < -0.4 is 15.2 Å². The predicted octanol–water partition coefficient (Wildman–Crippen LogP) is 3.85. The summed E-state index contributed by atoms with van der Waals surface area (Å²) in [6, 6.07) is 10.0. The Morgan fingerprint density at radius 2 is 1.81 bits per heavy atom. The standard InChI is InChI=1S/C16H17BrFNO2/c1-20-15-4-3-10(6-16(15)21-2)5-14(19)11-7-12(17)9-13(18)8-11/h3-4,6-9,14H,5,19H2,1-2H3. The molecule has 0 saturated heterocycles. The van der Waals surface area contributed by atoms with Crippen molar-refractivity contribution in [3.8, 4) is 11.5 Å². The molecule has 1 atom stereocenters. The molecule has 2 N–H and O–H groups in total. The Balaban J connectivity index is 2.20. The van der Waals surface area contributed by atoms with Gasteiger partial charge in [-0.05, 0) is 47.9 Å². The molecule has 1 unspecified atom stereocenters. The van der Waals surface area contributed by atoms with Crippen LogP contribution in [0.5, 0.6) is 11.5 Å². The van der Waals surface area contributed by atoms with Crippen LogP contribution in [0.2, 0.25) is 0 Å². The van der Waals surface area contributed by atoms with Crippen molar-refractivity contribution in [1.29, 1.82) is 0 Å². The third-order valence-electron chi connectivity index (χ3n) is 3.22. The molecule has 0 saturated carbocycles. The third-order valence-corrected chi connectivity index (χ3v) is 3.67. The minimum absolute atomic E-state index is 0.296. The van der Waals surface area contributed by atoms with Gasteiger partial charge in [-0.3, -0.25) is 0 Å². The first kappa shape index (κ1) is 15.8. The number of hydrogen-bond acceptors (Lipinski definition) is 3. The molecule has 0 amide bonds. The number of halogens is 2. The number of ether oxygens (including phenoxy) is 2. The molecule has 0 aliphatic rings. The fourth-order valence-corrected chi connectivity index (χ4v) is 2.65. The molecule has 2 aromatic rings. The van der Waals surface area contributed by atoms with E-state index in [9.17, 15) is 4.39 Å². The summed E-state index contributed by atoms with van der Waals surface area (Å²) in [7, 11) is 3.18. The van der Waals surface area contributed by atoms with Gasteiger partial charge in [0, 0.05) is 10.5 Å². The lowest BCUT2D eigenvalue weighted by Crippen LogP contribution is -2.13. The van der Waals surface area contributed by atoms with Crippen molar-refractivity contribution in [2.24, 2.45) is 5.73 Å². The number of nitrogens with two attached hydrogens (primary N) is 1. The van der Waals surface area contributed by atoms with E-state index in [0.29, 0.717) is 22.4 Å². The molecule has 21 heavy (non-hydrogen) atoms. The van der Waals surface area contributed by atoms with E-state index in [1.807, 2.05) is 24.3 Å². The summed E-state index contributed by atoms with van der Waals surface area (Å²) in [5.41, 5.74) is 7.91. The minimum atomic E-state index is -0.304. The zero-order valence-corrected chi connectivity index (χ0v) is 13.5. The smallest absolute Gasteiger partial charge is 0.160 e. The van der Waals surface area contributed by atoms with E-state index in [4.69, 9.17) is 15.2 Å². The molecule has 0 radical (unpaired) electrons. The molecular weight excluding hydrogens is 337 g/mol. The highest BCUT2D eigenvalue weighted by molar-refractivity contribution is 9.10. The van der Waals surface area contributed by atoms with Gasteiger partial charge in [-0.15, -0.1) is 0 Å². The minimum Gasteiger partial charge on any atom is -0.493 e. The van der Waals surface area contributed by atoms with E-state index in [1.165, 1.54) is 12.1 Å². The summed E-state index contributed by atoms with van der Waals surface area (Å²) in [5.74, 6) is 1.02. The predicted molar refractivity (Wildman–Crippen MR) is 84.3 cm³/mol. The van der Waals surface area contributed by atoms with Crippen molar-refractivity contribution in [3.05, 3.63) is 57.8 Å². The van der Waals surface area contributed by atoms with E-state index < -0.39 is 0 Å². The van der Waals surface area contributed by atoms with Crippen LogP contribution in [0.3, 0.4) is 0 Å². The summed E-state index contributed by atoms with van der Waals surface area (Å²) in [4.78, 5) is 0. The first-order valence-electron chi connectivity index (χ1n) is 6.46. The van der Waals surface area contributed by atoms with Gasteiger partial charge in [-0.25, -0.2) is 4.39 Å². The van der Waals surface area contributed by atoms with Gasteiger partial charge in [-0.1, -0.05) is 22.0 Å². The third kappa shape index (κ3) is 3.95. The fourth-order valence-electron chi connectivity index (χ4n) is 2.17. The van der Waals surface area contributed by atoms with Crippen molar-refractivity contribution in [2.75, 3.05) is 14.2 Å². The van der Waals surface area contributed by atoms with Gasteiger partial charge in [0.25, 0.3) is 0 Å². The van der Waals surface area contributed by atoms with E-state index in [-0.39, 0.29) is 11.9 Å². The Bertz CT molecular complexity index is 613. The van der Waals surface area contributed by atoms with Crippen molar-refractivity contribution in [2.45, 2.75) is 12.5 Å². The largest absolute Gasteiger partial charge is 0.493 e. The molecule has 0 bridgehead atoms. The number of methoxy groups -OCH3 is 2. The first-order valence-corrected chi connectivity index (χ1v) is 7.25. The van der Waals surface area contributed by atoms with Crippen molar-refractivity contribution in [1.82, 2.24) is 0 Å². The van der Waals surface area contributed by atoms with Gasteiger partial charge in [0.15, 0.2) is 11.5 Å². The quantitative estimate of drug-likeness (QED) is 0.887. The van der Waals surface area contributed by atoms with Crippen molar-refractivity contribution >= 4 is 15.9 Å². The number of hydrogen-bond donors (Lipinski definition) is 1. The summed E-state index contributed by atoms with van der Waals surface area (Å²) >= 11 is 3.28. The van der Waals surface area contributed by atoms with Gasteiger partial charge in [0.1, 0.15) is 5.82 Å². The van der Waals surface area contributed by atoms with Crippen molar-refractivity contribution < 1.29 is 13.9 Å². The molecule has 3 nitrogen and oxygen atoms in total. The maximum atomic E-state index is 13.4. The number of benzene rings is 2. The molecule has 112 valence electrons. The highest BCUT2D eigenvalue weighted by Gasteiger charge is 2.11. The molecule has 0 fully saturated rings. The van der Waals surface area contributed by atoms with E-state index in [0.717, 1.165) is 11.1 Å². The molecule has 0 spiro atoms. The van der Waals surface area contributed by atoms with E-state index in [2.05, 4.69) is 15.9 Å². The molecule has 2 rings (SSSR count). The molecule has 0 heterocycles. The van der Waals surface area contributed by atoms with Crippen LogP contribution in [-0.2, 0) is 6.42 Å². The van der Waals surface area contributed by atoms with E-state index in [1.54, 1.807) is 14.2 Å². The van der Waals surface area contributed by atoms with Gasteiger partial charge in [0.05, 0.1) is 14.2 Å². The lowest BCUT2D eigenvalue weighted by molar-refractivity contribution is 0.354. The molecule has 0 aromatic heterocycles. The van der Waals surface area contributed by atoms with Crippen LogP contribution in [-0.4, -0.2) is 14.2 Å². The first-order chi connectivity index (χ1) is 10.0. The average molecular weight is 354 g/mol. The molecule has 0 aliphatic carbocycles. The second kappa shape index (κ2) is 6.91. The highest BCUT2D eigenvalue weighted by Crippen LogP contribution is 2.29. The average Bonchev–Trinajstić information content (AvgIpc) is 2.46. The van der Waals surface area contributed by atoms with Crippen LogP contribution in [0.25, 0.3) is 0 Å². The zero-order chi connectivity index (χ0) is 15.4. The maximum absolute atomic E-state index is 13.4. The number of rotatable bonds is 5.